The molecule has 0 bridgehead atoms. The average molecular weight is 650 g/mol. The smallest absolute Gasteiger partial charge is 0.251 e. The third-order valence-corrected chi connectivity index (χ3v) is 7.79. The zero-order valence-corrected chi connectivity index (χ0v) is 27.0. The highest BCUT2D eigenvalue weighted by Crippen LogP contribution is 2.26. The first-order chi connectivity index (χ1) is 21.4. The normalized spacial score (nSPS) is 18.6. The van der Waals surface area contributed by atoms with Crippen molar-refractivity contribution in [2.45, 2.75) is 50.0 Å². The Labute approximate surface area is 268 Å². The lowest BCUT2D eigenvalue weighted by Crippen LogP contribution is -2.32. The van der Waals surface area contributed by atoms with E-state index in [1.807, 2.05) is 13.2 Å². The Hall–Kier alpha value is -2.44. The van der Waals surface area contributed by atoms with Gasteiger partial charge < -0.3 is 40.1 Å². The number of amides is 2. The maximum absolute atomic E-state index is 12.1. The molecule has 1 aliphatic heterocycles. The molecule has 241 valence electrons. The molecule has 5 atom stereocenters. The predicted octanol–water partition coefficient (Wildman–Crippen LogP) is 0.708. The van der Waals surface area contributed by atoms with Crippen molar-refractivity contribution in [2.24, 2.45) is 11.6 Å². The van der Waals surface area contributed by atoms with E-state index in [9.17, 15) is 9.59 Å². The van der Waals surface area contributed by atoms with E-state index < -0.39 is 0 Å². The Bertz CT molecular complexity index is 1130. The van der Waals surface area contributed by atoms with Crippen LogP contribution < -0.4 is 27.0 Å². The third kappa shape index (κ3) is 15.5. The summed E-state index contributed by atoms with van der Waals surface area (Å²) in [4.78, 5) is 29.2. The van der Waals surface area contributed by atoms with Gasteiger partial charge in [0.25, 0.3) is 13.2 Å². The Morgan fingerprint density at radius 3 is 2.84 bits per heavy atom. The SMILES string of the molecule is CC#CC(C)OCC1O[C@@H]([B]C#CCNC(=O)COCCOC(COc2cccc(C(=O)NCCN)c2)SSC)C[C@H]1ON. The van der Waals surface area contributed by atoms with Crippen LogP contribution in [-0.2, 0) is 28.6 Å². The average Bonchev–Trinajstić information content (AvgIpc) is 3.43. The molecule has 0 spiro atoms. The molecule has 2 amide bonds. The van der Waals surface area contributed by atoms with Gasteiger partial charge in [-0.1, -0.05) is 39.5 Å². The van der Waals surface area contributed by atoms with Crippen molar-refractivity contribution < 1.29 is 38.1 Å². The molecule has 3 unspecified atom stereocenters. The van der Waals surface area contributed by atoms with E-state index in [0.717, 1.165) is 0 Å². The fourth-order valence-electron chi connectivity index (χ4n) is 3.82. The van der Waals surface area contributed by atoms with E-state index in [2.05, 4.69) is 34.2 Å². The summed E-state index contributed by atoms with van der Waals surface area (Å²) in [7, 11) is 4.76. The van der Waals surface area contributed by atoms with Crippen LogP contribution in [0.3, 0.4) is 0 Å². The molecule has 1 aliphatic rings. The molecule has 0 saturated carbocycles. The second-order valence-corrected chi connectivity index (χ2v) is 11.9. The summed E-state index contributed by atoms with van der Waals surface area (Å²) in [6.07, 6.45) is 1.67. The number of hydrogen-bond acceptors (Lipinski definition) is 12. The maximum Gasteiger partial charge on any atom is 0.251 e. The van der Waals surface area contributed by atoms with Gasteiger partial charge in [0, 0.05) is 24.7 Å². The third-order valence-electron chi connectivity index (χ3n) is 5.89. The van der Waals surface area contributed by atoms with Crippen LogP contribution in [0.5, 0.6) is 5.75 Å². The highest BCUT2D eigenvalue weighted by atomic mass is 33.1. The Kier molecular flexibility index (Phi) is 19.7. The standard InChI is InChI=1S/C29H42BN4O8S2/c1-4-7-21(2)39-18-25-24(42-32)17-26(41-25)30-10-6-12-33-27(35)19-37-14-15-38-28(44-43-3)20-40-23-9-5-8-22(16-23)29(36)34-13-11-31/h5,8-9,16,21,24-26,28H,11-15,17-20,31-32H2,1-3H3,(H,33,35)(H,34,36)/t21?,24-,25?,26-,28?/m1/s1. The van der Waals surface area contributed by atoms with Crippen LogP contribution in [0.2, 0.25) is 0 Å². The van der Waals surface area contributed by atoms with Crippen LogP contribution in [0.15, 0.2) is 24.3 Å². The summed E-state index contributed by atoms with van der Waals surface area (Å²) in [5, 5.41) is 5.41. The van der Waals surface area contributed by atoms with Gasteiger partial charge in [-0.2, -0.15) is 5.82 Å². The molecule has 15 heteroatoms. The molecule has 1 fully saturated rings. The van der Waals surface area contributed by atoms with E-state index in [1.54, 1.807) is 49.3 Å². The fourth-order valence-corrected chi connectivity index (χ4v) is 5.29. The second kappa shape index (κ2) is 23.0. The summed E-state index contributed by atoms with van der Waals surface area (Å²) in [5.74, 6) is 17.0. The number of ether oxygens (including phenoxy) is 5. The number of benzene rings is 1. The molecule has 44 heavy (non-hydrogen) atoms. The van der Waals surface area contributed by atoms with Gasteiger partial charge in [0.1, 0.15) is 42.7 Å². The zero-order chi connectivity index (χ0) is 32.0. The van der Waals surface area contributed by atoms with E-state index >= 15 is 0 Å². The lowest BCUT2D eigenvalue weighted by atomic mass is 9.71. The van der Waals surface area contributed by atoms with Crippen molar-refractivity contribution in [3.8, 4) is 29.3 Å². The van der Waals surface area contributed by atoms with E-state index in [4.69, 9.17) is 40.2 Å². The van der Waals surface area contributed by atoms with Gasteiger partial charge in [0.15, 0.2) is 0 Å². The molecule has 0 aromatic heterocycles. The minimum Gasteiger partial charge on any atom is -0.490 e. The Balaban J connectivity index is 1.60. The van der Waals surface area contributed by atoms with Crippen molar-refractivity contribution in [3.05, 3.63) is 29.8 Å². The molecule has 1 radical (unpaired) electrons. The van der Waals surface area contributed by atoms with Gasteiger partial charge in [0.2, 0.25) is 5.91 Å². The van der Waals surface area contributed by atoms with Gasteiger partial charge in [-0.25, -0.2) is 5.90 Å². The summed E-state index contributed by atoms with van der Waals surface area (Å²) in [6.45, 7) is 5.52. The summed E-state index contributed by atoms with van der Waals surface area (Å²) < 4.78 is 28.7. The first-order valence-corrected chi connectivity index (χ1v) is 16.8. The van der Waals surface area contributed by atoms with Crippen molar-refractivity contribution in [1.82, 2.24) is 10.6 Å². The topological polar surface area (TPSA) is 166 Å². The zero-order valence-electron chi connectivity index (χ0n) is 25.4. The van der Waals surface area contributed by atoms with Crippen LogP contribution in [0.4, 0.5) is 0 Å². The fraction of sp³-hybridized carbons (Fsp3) is 0.586. The molecule has 1 aromatic rings. The molecule has 6 N–H and O–H groups in total. The number of rotatable bonds is 20. The molecule has 0 aliphatic carbocycles. The highest BCUT2D eigenvalue weighted by Gasteiger charge is 2.36. The number of nitrogens with two attached hydrogens (primary N) is 2. The minimum atomic E-state index is -0.314. The number of carbonyl (C=O) groups excluding carboxylic acids is 2. The van der Waals surface area contributed by atoms with Crippen LogP contribution >= 0.6 is 21.6 Å². The largest absolute Gasteiger partial charge is 0.490 e. The Morgan fingerprint density at radius 1 is 1.25 bits per heavy atom. The van der Waals surface area contributed by atoms with Crippen molar-refractivity contribution >= 4 is 40.7 Å². The first kappa shape index (κ1) is 37.8. The van der Waals surface area contributed by atoms with E-state index in [-0.39, 0.29) is 74.5 Å². The molecule has 1 heterocycles. The van der Waals surface area contributed by atoms with Crippen LogP contribution in [-0.4, -0.2) is 108 Å². The van der Waals surface area contributed by atoms with Crippen molar-refractivity contribution in [1.29, 1.82) is 0 Å². The van der Waals surface area contributed by atoms with Gasteiger partial charge >= 0.3 is 0 Å². The monoisotopic (exact) mass is 649 g/mol. The van der Waals surface area contributed by atoms with E-state index in [0.29, 0.717) is 37.4 Å². The van der Waals surface area contributed by atoms with Gasteiger partial charge in [-0.05, 0) is 44.7 Å². The number of carbonyl (C=O) groups is 2. The second-order valence-electron chi connectivity index (χ2n) is 9.26. The quantitative estimate of drug-likeness (QED) is 0.0391. The molecule has 12 nitrogen and oxygen atoms in total. The van der Waals surface area contributed by atoms with Gasteiger partial charge in [-0.3, -0.25) is 14.4 Å². The molecular weight excluding hydrogens is 607 g/mol. The van der Waals surface area contributed by atoms with Gasteiger partial charge in [-0.15, -0.1) is 5.92 Å². The van der Waals surface area contributed by atoms with Crippen LogP contribution in [0.25, 0.3) is 0 Å². The van der Waals surface area contributed by atoms with Crippen molar-refractivity contribution in [3.63, 3.8) is 0 Å². The Morgan fingerprint density at radius 2 is 2.09 bits per heavy atom. The van der Waals surface area contributed by atoms with Crippen LogP contribution in [0, 0.1) is 23.6 Å². The van der Waals surface area contributed by atoms with E-state index in [1.165, 1.54) is 10.8 Å². The summed E-state index contributed by atoms with van der Waals surface area (Å²) in [5.41, 5.74) is 5.65. The minimum absolute atomic E-state index is 0.117. The number of hydrogen-bond donors (Lipinski definition) is 4. The molecule has 2 rings (SSSR count). The maximum atomic E-state index is 12.1. The van der Waals surface area contributed by atoms with Crippen LogP contribution in [0.1, 0.15) is 30.6 Å². The van der Waals surface area contributed by atoms with Gasteiger partial charge in [0.05, 0.1) is 26.4 Å². The molecule has 1 aromatic carbocycles. The lowest BCUT2D eigenvalue weighted by Gasteiger charge is -2.17. The summed E-state index contributed by atoms with van der Waals surface area (Å²) >= 11 is 0. The summed E-state index contributed by atoms with van der Waals surface area (Å²) in [6, 6.07) is 6.65. The lowest BCUT2D eigenvalue weighted by molar-refractivity contribution is -0.126. The highest BCUT2D eigenvalue weighted by molar-refractivity contribution is 8.76. The first-order valence-electron chi connectivity index (χ1n) is 14.1. The number of nitrogens with one attached hydrogen (secondary N) is 2. The molecular formula is C29H42BN4O8S2. The molecule has 1 saturated heterocycles. The van der Waals surface area contributed by atoms with Crippen molar-refractivity contribution in [2.75, 3.05) is 58.9 Å². The predicted molar refractivity (Wildman–Crippen MR) is 173 cm³/mol.